The molecule has 2 N–H and O–H groups in total. The standard InChI is InChI=1S/C11H26N4O/c1-7-13-14-15(6)10(2,3)8-9-16-11(4,5)12/h7-9,12H2,1-6H3/b14-13-. The highest BCUT2D eigenvalue weighted by atomic mass is 16.5. The summed E-state index contributed by atoms with van der Waals surface area (Å²) in [5, 5.41) is 9.95. The van der Waals surface area contributed by atoms with Crippen molar-refractivity contribution >= 4 is 0 Å². The van der Waals surface area contributed by atoms with Crippen LogP contribution in [0.4, 0.5) is 0 Å². The van der Waals surface area contributed by atoms with Crippen LogP contribution in [0.2, 0.25) is 0 Å². The van der Waals surface area contributed by atoms with E-state index in [0.717, 1.165) is 6.42 Å². The molecule has 0 aliphatic carbocycles. The largest absolute Gasteiger partial charge is 0.361 e. The lowest BCUT2D eigenvalue weighted by atomic mass is 10.0. The molecule has 0 heterocycles. The van der Waals surface area contributed by atoms with Crippen LogP contribution in [0.15, 0.2) is 10.3 Å². The van der Waals surface area contributed by atoms with Crippen LogP contribution >= 0.6 is 0 Å². The summed E-state index contributed by atoms with van der Waals surface area (Å²) < 4.78 is 5.50. The summed E-state index contributed by atoms with van der Waals surface area (Å²) in [5.74, 6) is 0. The molecule has 0 saturated carbocycles. The van der Waals surface area contributed by atoms with Gasteiger partial charge in [0.15, 0.2) is 0 Å². The summed E-state index contributed by atoms with van der Waals surface area (Å²) in [6.07, 6.45) is 0.854. The first-order chi connectivity index (χ1) is 7.19. The van der Waals surface area contributed by atoms with Gasteiger partial charge in [0, 0.05) is 7.05 Å². The van der Waals surface area contributed by atoms with Crippen molar-refractivity contribution in [1.82, 2.24) is 5.01 Å². The monoisotopic (exact) mass is 230 g/mol. The first-order valence-electron chi connectivity index (χ1n) is 5.73. The van der Waals surface area contributed by atoms with Crippen molar-refractivity contribution in [1.29, 1.82) is 0 Å². The zero-order chi connectivity index (χ0) is 12.8. The Kier molecular flexibility index (Phi) is 5.89. The number of nitrogens with two attached hydrogens (primary N) is 1. The molecule has 0 aromatic heterocycles. The minimum absolute atomic E-state index is 0.0794. The zero-order valence-electron chi connectivity index (χ0n) is 11.4. The van der Waals surface area contributed by atoms with Gasteiger partial charge in [0.05, 0.1) is 18.7 Å². The van der Waals surface area contributed by atoms with Gasteiger partial charge in [-0.15, -0.1) is 0 Å². The van der Waals surface area contributed by atoms with Gasteiger partial charge in [-0.2, -0.15) is 5.11 Å². The molecule has 0 saturated heterocycles. The molecule has 0 bridgehead atoms. The van der Waals surface area contributed by atoms with Crippen molar-refractivity contribution in [3.05, 3.63) is 0 Å². The first-order valence-corrected chi connectivity index (χ1v) is 5.73. The van der Waals surface area contributed by atoms with Crippen LogP contribution in [-0.4, -0.2) is 36.5 Å². The molecule has 5 nitrogen and oxygen atoms in total. The minimum atomic E-state index is -0.570. The molecule has 96 valence electrons. The lowest BCUT2D eigenvalue weighted by molar-refractivity contribution is -0.0302. The van der Waals surface area contributed by atoms with Gasteiger partial charge in [-0.1, -0.05) is 5.22 Å². The SMILES string of the molecule is CC/N=N\N(C)C(C)(C)CCOC(C)(C)N. The molecular formula is C11H26N4O. The molecule has 0 spiro atoms. The highest BCUT2D eigenvalue weighted by molar-refractivity contribution is 4.76. The molecule has 0 atom stereocenters. The Hall–Kier alpha value is -0.680. The highest BCUT2D eigenvalue weighted by Crippen LogP contribution is 2.18. The Labute approximate surface area is 99.0 Å². The third kappa shape index (κ3) is 6.74. The maximum Gasteiger partial charge on any atom is 0.111 e. The molecule has 0 aromatic rings. The van der Waals surface area contributed by atoms with Crippen molar-refractivity contribution < 1.29 is 4.74 Å². The number of hydrogen-bond donors (Lipinski definition) is 1. The Bertz CT molecular complexity index is 221. The fourth-order valence-corrected chi connectivity index (χ4v) is 1.00. The van der Waals surface area contributed by atoms with E-state index in [0.29, 0.717) is 13.2 Å². The van der Waals surface area contributed by atoms with Crippen LogP contribution in [0.3, 0.4) is 0 Å². The average Bonchev–Trinajstić information content (AvgIpc) is 2.11. The van der Waals surface area contributed by atoms with E-state index in [-0.39, 0.29) is 5.54 Å². The summed E-state index contributed by atoms with van der Waals surface area (Å²) in [6.45, 7) is 11.2. The van der Waals surface area contributed by atoms with Crippen molar-refractivity contribution in [2.75, 3.05) is 20.2 Å². The van der Waals surface area contributed by atoms with Crippen LogP contribution < -0.4 is 5.73 Å². The third-order valence-corrected chi connectivity index (χ3v) is 2.40. The molecule has 0 amide bonds. The fraction of sp³-hybridized carbons (Fsp3) is 1.00. The van der Waals surface area contributed by atoms with E-state index >= 15 is 0 Å². The highest BCUT2D eigenvalue weighted by Gasteiger charge is 2.24. The Morgan fingerprint density at radius 2 is 1.81 bits per heavy atom. The second kappa shape index (κ2) is 6.15. The van der Waals surface area contributed by atoms with Crippen LogP contribution in [0.25, 0.3) is 0 Å². The second-order valence-electron chi connectivity index (χ2n) is 5.09. The Balaban J connectivity index is 4.08. The van der Waals surface area contributed by atoms with E-state index in [1.807, 2.05) is 32.8 Å². The second-order valence-corrected chi connectivity index (χ2v) is 5.09. The normalized spacial score (nSPS) is 13.4. The molecule has 0 unspecified atom stereocenters. The molecule has 0 aliphatic heterocycles. The molecular weight excluding hydrogens is 204 g/mol. The number of hydrogen-bond acceptors (Lipinski definition) is 4. The predicted octanol–water partition coefficient (Wildman–Crippen LogP) is 2.19. The van der Waals surface area contributed by atoms with Gasteiger partial charge in [-0.3, -0.25) is 5.01 Å². The Morgan fingerprint density at radius 1 is 1.25 bits per heavy atom. The van der Waals surface area contributed by atoms with E-state index in [2.05, 4.69) is 24.2 Å². The van der Waals surface area contributed by atoms with Crippen LogP contribution in [0.5, 0.6) is 0 Å². The molecule has 0 aromatic carbocycles. The quantitative estimate of drug-likeness (QED) is 0.414. The van der Waals surface area contributed by atoms with E-state index in [4.69, 9.17) is 10.5 Å². The lowest BCUT2D eigenvalue weighted by Crippen LogP contribution is -2.41. The maximum atomic E-state index is 5.74. The molecule has 0 fully saturated rings. The molecule has 0 radical (unpaired) electrons. The summed E-state index contributed by atoms with van der Waals surface area (Å²) in [6, 6.07) is 0. The zero-order valence-corrected chi connectivity index (χ0v) is 11.4. The predicted molar refractivity (Wildman–Crippen MR) is 66.1 cm³/mol. The minimum Gasteiger partial charge on any atom is -0.361 e. The number of nitrogens with zero attached hydrogens (tertiary/aromatic N) is 3. The van der Waals surface area contributed by atoms with Gasteiger partial charge in [0.25, 0.3) is 0 Å². The summed E-state index contributed by atoms with van der Waals surface area (Å²) >= 11 is 0. The van der Waals surface area contributed by atoms with Gasteiger partial charge < -0.3 is 10.5 Å². The van der Waals surface area contributed by atoms with E-state index < -0.39 is 5.72 Å². The van der Waals surface area contributed by atoms with E-state index in [1.54, 1.807) is 0 Å². The van der Waals surface area contributed by atoms with E-state index in [9.17, 15) is 0 Å². The summed E-state index contributed by atoms with van der Waals surface area (Å²) in [7, 11) is 1.92. The summed E-state index contributed by atoms with van der Waals surface area (Å²) in [4.78, 5) is 0. The van der Waals surface area contributed by atoms with Crippen LogP contribution in [0, 0.1) is 0 Å². The number of rotatable bonds is 7. The third-order valence-electron chi connectivity index (χ3n) is 2.40. The molecule has 5 heteroatoms. The van der Waals surface area contributed by atoms with Crippen molar-refractivity contribution in [3.63, 3.8) is 0 Å². The molecule has 0 rings (SSSR count). The smallest absolute Gasteiger partial charge is 0.111 e. The van der Waals surface area contributed by atoms with Gasteiger partial charge >= 0.3 is 0 Å². The van der Waals surface area contributed by atoms with Crippen LogP contribution in [-0.2, 0) is 4.74 Å². The molecule has 0 aliphatic rings. The van der Waals surface area contributed by atoms with Gasteiger partial charge in [-0.25, -0.2) is 0 Å². The average molecular weight is 230 g/mol. The maximum absolute atomic E-state index is 5.74. The summed E-state index contributed by atoms with van der Waals surface area (Å²) in [5.41, 5.74) is 5.09. The van der Waals surface area contributed by atoms with Gasteiger partial charge in [0.1, 0.15) is 5.72 Å². The van der Waals surface area contributed by atoms with Crippen LogP contribution in [0.1, 0.15) is 41.0 Å². The lowest BCUT2D eigenvalue weighted by Gasteiger charge is -2.33. The van der Waals surface area contributed by atoms with Gasteiger partial charge in [0.2, 0.25) is 0 Å². The number of ether oxygens (including phenoxy) is 1. The van der Waals surface area contributed by atoms with Gasteiger partial charge in [-0.05, 0) is 41.0 Å². The van der Waals surface area contributed by atoms with Crippen molar-refractivity contribution in [2.45, 2.75) is 52.3 Å². The topological polar surface area (TPSA) is 63.2 Å². The first kappa shape index (κ1) is 15.3. The van der Waals surface area contributed by atoms with Crippen molar-refractivity contribution in [2.24, 2.45) is 16.1 Å². The molecule has 16 heavy (non-hydrogen) atoms. The van der Waals surface area contributed by atoms with E-state index in [1.165, 1.54) is 0 Å². The Morgan fingerprint density at radius 3 is 2.25 bits per heavy atom. The van der Waals surface area contributed by atoms with Crippen molar-refractivity contribution in [3.8, 4) is 0 Å². The fourth-order valence-electron chi connectivity index (χ4n) is 1.00.